The van der Waals surface area contributed by atoms with E-state index in [2.05, 4.69) is 38.1 Å². The molecule has 2 aromatic rings. The molecule has 6 heteroatoms. The number of nitrogens with one attached hydrogen (secondary N) is 1. The Morgan fingerprint density at radius 2 is 2.25 bits per heavy atom. The lowest BCUT2D eigenvalue weighted by Crippen LogP contribution is -2.04. The summed E-state index contributed by atoms with van der Waals surface area (Å²) in [6, 6.07) is 5.92. The van der Waals surface area contributed by atoms with Crippen LogP contribution in [0, 0.1) is 3.57 Å². The van der Waals surface area contributed by atoms with Crippen molar-refractivity contribution in [3.05, 3.63) is 31.8 Å². The van der Waals surface area contributed by atoms with E-state index in [1.165, 1.54) is 0 Å². The van der Waals surface area contributed by atoms with E-state index < -0.39 is 0 Å². The smallest absolute Gasteiger partial charge is 0.147 e. The topological polar surface area (TPSA) is 37.8 Å². The summed E-state index contributed by atoms with van der Waals surface area (Å²) in [4.78, 5) is 0. The summed E-state index contributed by atoms with van der Waals surface area (Å²) in [5, 5.41) is 13.9. The summed E-state index contributed by atoms with van der Waals surface area (Å²) in [5.41, 5.74) is 1.02. The van der Waals surface area contributed by atoms with Crippen molar-refractivity contribution in [2.24, 2.45) is 0 Å². The maximum absolute atomic E-state index is 6.07. The molecule has 1 heterocycles. The number of nitrogens with zero attached hydrogens (tertiary/aromatic N) is 2. The third kappa shape index (κ3) is 2.71. The van der Waals surface area contributed by atoms with Crippen LogP contribution in [-0.2, 0) is 6.54 Å². The van der Waals surface area contributed by atoms with Crippen molar-refractivity contribution in [1.29, 1.82) is 0 Å². The second kappa shape index (κ2) is 5.39. The Labute approximate surface area is 116 Å². The van der Waals surface area contributed by atoms with Gasteiger partial charge < -0.3 is 5.32 Å². The van der Waals surface area contributed by atoms with Gasteiger partial charge in [-0.05, 0) is 41.8 Å². The number of rotatable bonds is 3. The Kier molecular flexibility index (Phi) is 4.12. The van der Waals surface area contributed by atoms with E-state index >= 15 is 0 Å². The largest absolute Gasteiger partial charge is 0.313 e. The zero-order valence-electron chi connectivity index (χ0n) is 8.50. The van der Waals surface area contributed by atoms with Gasteiger partial charge in [0.05, 0.1) is 5.02 Å². The van der Waals surface area contributed by atoms with Crippen molar-refractivity contribution < 1.29 is 0 Å². The van der Waals surface area contributed by atoms with E-state index in [4.69, 9.17) is 11.6 Å². The molecule has 3 nitrogen and oxygen atoms in total. The van der Waals surface area contributed by atoms with E-state index in [-0.39, 0.29) is 0 Å². The summed E-state index contributed by atoms with van der Waals surface area (Å²) in [5.74, 6) is 0. The highest BCUT2D eigenvalue weighted by Crippen LogP contribution is 2.28. The van der Waals surface area contributed by atoms with Crippen LogP contribution < -0.4 is 5.32 Å². The number of aromatic nitrogens is 2. The van der Waals surface area contributed by atoms with Crippen molar-refractivity contribution >= 4 is 45.5 Å². The van der Waals surface area contributed by atoms with Gasteiger partial charge in [-0.3, -0.25) is 0 Å². The van der Waals surface area contributed by atoms with Crippen LogP contribution in [0.5, 0.6) is 0 Å². The molecule has 0 fully saturated rings. The minimum atomic E-state index is 0.746. The van der Waals surface area contributed by atoms with Gasteiger partial charge in [-0.25, -0.2) is 0 Å². The van der Waals surface area contributed by atoms with E-state index in [9.17, 15) is 0 Å². The maximum Gasteiger partial charge on any atom is 0.147 e. The lowest BCUT2D eigenvalue weighted by atomic mass is 10.2. The molecule has 1 aromatic heterocycles. The van der Waals surface area contributed by atoms with Gasteiger partial charge in [-0.1, -0.05) is 29.0 Å². The fourth-order valence-electron chi connectivity index (χ4n) is 1.22. The van der Waals surface area contributed by atoms with E-state index in [0.717, 1.165) is 30.7 Å². The Bertz CT molecular complexity index is 501. The van der Waals surface area contributed by atoms with Gasteiger partial charge in [0.15, 0.2) is 0 Å². The first-order chi connectivity index (χ1) is 7.70. The van der Waals surface area contributed by atoms with Crippen molar-refractivity contribution in [3.63, 3.8) is 0 Å². The quantitative estimate of drug-likeness (QED) is 0.849. The average molecular weight is 366 g/mol. The summed E-state index contributed by atoms with van der Waals surface area (Å²) in [7, 11) is 1.89. The van der Waals surface area contributed by atoms with Crippen molar-refractivity contribution in [3.8, 4) is 10.6 Å². The summed E-state index contributed by atoms with van der Waals surface area (Å²) in [6.07, 6.45) is 0. The second-order valence-electron chi connectivity index (χ2n) is 3.16. The molecule has 0 amide bonds. The molecule has 0 saturated carbocycles. The Balaban J connectivity index is 2.31. The van der Waals surface area contributed by atoms with Crippen LogP contribution in [0.15, 0.2) is 18.2 Å². The molecule has 16 heavy (non-hydrogen) atoms. The van der Waals surface area contributed by atoms with Crippen LogP contribution in [-0.4, -0.2) is 17.2 Å². The molecule has 0 radical (unpaired) electrons. The van der Waals surface area contributed by atoms with Gasteiger partial charge in [0.2, 0.25) is 0 Å². The first-order valence-corrected chi connectivity index (χ1v) is 6.90. The van der Waals surface area contributed by atoms with Crippen LogP contribution in [0.1, 0.15) is 5.01 Å². The predicted octanol–water partition coefficient (Wildman–Crippen LogP) is 3.18. The number of hydrogen-bond donors (Lipinski definition) is 1. The van der Waals surface area contributed by atoms with Crippen LogP contribution in [0.4, 0.5) is 0 Å². The monoisotopic (exact) mass is 365 g/mol. The number of hydrogen-bond acceptors (Lipinski definition) is 4. The average Bonchev–Trinajstić information content (AvgIpc) is 2.71. The first kappa shape index (κ1) is 12.2. The fourth-order valence-corrected chi connectivity index (χ4v) is 2.59. The molecule has 0 bridgehead atoms. The second-order valence-corrected chi connectivity index (χ2v) is 5.79. The molecule has 0 spiro atoms. The zero-order chi connectivity index (χ0) is 11.5. The molecular formula is C10H9ClIN3S. The van der Waals surface area contributed by atoms with Gasteiger partial charge in [-0.15, -0.1) is 10.2 Å². The molecule has 2 rings (SSSR count). The minimum Gasteiger partial charge on any atom is -0.313 e. The van der Waals surface area contributed by atoms with Crippen LogP contribution in [0.3, 0.4) is 0 Å². The van der Waals surface area contributed by atoms with Gasteiger partial charge >= 0.3 is 0 Å². The number of halogens is 2. The van der Waals surface area contributed by atoms with E-state index in [1.54, 1.807) is 11.3 Å². The molecule has 0 atom stereocenters. The molecule has 84 valence electrons. The molecular weight excluding hydrogens is 357 g/mol. The first-order valence-electron chi connectivity index (χ1n) is 4.63. The van der Waals surface area contributed by atoms with Crippen molar-refractivity contribution in [2.45, 2.75) is 6.54 Å². The third-order valence-electron chi connectivity index (χ3n) is 1.96. The summed E-state index contributed by atoms with van der Waals surface area (Å²) in [6.45, 7) is 0.746. The summed E-state index contributed by atoms with van der Waals surface area (Å²) >= 11 is 9.85. The highest BCUT2D eigenvalue weighted by molar-refractivity contribution is 14.1. The lowest BCUT2D eigenvalue weighted by molar-refractivity contribution is 0.795. The zero-order valence-corrected chi connectivity index (χ0v) is 12.2. The molecule has 1 aromatic carbocycles. The molecule has 0 aliphatic carbocycles. The Morgan fingerprint density at radius 1 is 1.44 bits per heavy atom. The lowest BCUT2D eigenvalue weighted by Gasteiger charge is -1.98. The molecule has 0 saturated heterocycles. The van der Waals surface area contributed by atoms with E-state index in [1.807, 2.05) is 25.2 Å². The van der Waals surface area contributed by atoms with Gasteiger partial charge in [-0.2, -0.15) is 0 Å². The molecule has 0 aliphatic rings. The molecule has 1 N–H and O–H groups in total. The Morgan fingerprint density at radius 3 is 2.94 bits per heavy atom. The Hall–Kier alpha value is -0.240. The predicted molar refractivity (Wildman–Crippen MR) is 75.8 cm³/mol. The van der Waals surface area contributed by atoms with Gasteiger partial charge in [0.25, 0.3) is 0 Å². The van der Waals surface area contributed by atoms with Crippen LogP contribution in [0.25, 0.3) is 10.6 Å². The maximum atomic E-state index is 6.07. The number of benzene rings is 1. The fraction of sp³-hybridized carbons (Fsp3) is 0.200. The highest BCUT2D eigenvalue weighted by Gasteiger charge is 2.07. The normalized spacial score (nSPS) is 10.7. The SMILES string of the molecule is CNCc1nnc(-c2ccc(I)c(Cl)c2)s1. The highest BCUT2D eigenvalue weighted by atomic mass is 127. The van der Waals surface area contributed by atoms with E-state index in [0.29, 0.717) is 0 Å². The van der Waals surface area contributed by atoms with Crippen LogP contribution in [0.2, 0.25) is 5.02 Å². The van der Waals surface area contributed by atoms with Crippen molar-refractivity contribution in [1.82, 2.24) is 15.5 Å². The van der Waals surface area contributed by atoms with Gasteiger partial charge in [0, 0.05) is 15.7 Å². The van der Waals surface area contributed by atoms with Crippen molar-refractivity contribution in [2.75, 3.05) is 7.05 Å². The van der Waals surface area contributed by atoms with Crippen LogP contribution >= 0.6 is 45.5 Å². The third-order valence-corrected chi connectivity index (χ3v) is 4.51. The van der Waals surface area contributed by atoms with Gasteiger partial charge in [0.1, 0.15) is 10.0 Å². The minimum absolute atomic E-state index is 0.746. The molecule has 0 aliphatic heterocycles. The summed E-state index contributed by atoms with van der Waals surface area (Å²) < 4.78 is 1.04. The molecule has 0 unspecified atom stereocenters. The standard InChI is InChI=1S/C10H9ClIN3S/c1-13-5-9-14-15-10(16-9)6-2-3-8(12)7(11)4-6/h2-4,13H,5H2,1H3.